The molecule has 2 aromatic rings. The van der Waals surface area contributed by atoms with Crippen LogP contribution in [0.25, 0.3) is 0 Å². The number of allylic oxidation sites excluding steroid dienone is 3. The fraction of sp³-hybridized carbons (Fsp3) is 0.143. The molecule has 2 rings (SSSR count). The first-order valence-corrected chi connectivity index (χ1v) is 8.47. The van der Waals surface area contributed by atoms with Gasteiger partial charge in [0, 0.05) is 10.6 Å². The van der Waals surface area contributed by atoms with Crippen molar-refractivity contribution < 1.29 is 0 Å². The monoisotopic (exact) mass is 321 g/mol. The van der Waals surface area contributed by atoms with E-state index in [1.165, 1.54) is 16.7 Å². The van der Waals surface area contributed by atoms with Gasteiger partial charge in [-0.15, -0.1) is 11.8 Å². The number of anilines is 1. The van der Waals surface area contributed by atoms with Crippen LogP contribution in [0.5, 0.6) is 0 Å². The number of rotatable bonds is 6. The Labute approximate surface area is 143 Å². The Bertz CT molecular complexity index is 743. The third-order valence-corrected chi connectivity index (χ3v) is 4.87. The molecule has 2 N–H and O–H groups in total. The van der Waals surface area contributed by atoms with E-state index in [9.17, 15) is 0 Å². The molecule has 0 spiro atoms. The van der Waals surface area contributed by atoms with Gasteiger partial charge in [0.25, 0.3) is 0 Å². The summed E-state index contributed by atoms with van der Waals surface area (Å²) in [5.41, 5.74) is 12.0. The number of thioether (sulfide) groups is 1. The summed E-state index contributed by atoms with van der Waals surface area (Å²) in [4.78, 5) is 0.985. The van der Waals surface area contributed by atoms with Gasteiger partial charge in [0.2, 0.25) is 0 Å². The SMILES string of the molecule is C=C/C=C\C(=C)SC(c1ccccc1C)c1cc(C)ccc1N. The van der Waals surface area contributed by atoms with Crippen LogP contribution in [0.2, 0.25) is 0 Å². The lowest BCUT2D eigenvalue weighted by Crippen LogP contribution is -2.04. The zero-order chi connectivity index (χ0) is 16.8. The second-order valence-electron chi connectivity index (χ2n) is 5.55. The average molecular weight is 321 g/mol. The van der Waals surface area contributed by atoms with Crippen molar-refractivity contribution in [2.45, 2.75) is 19.1 Å². The highest BCUT2D eigenvalue weighted by molar-refractivity contribution is 8.03. The molecule has 0 aliphatic rings. The summed E-state index contributed by atoms with van der Waals surface area (Å²) in [5.74, 6) is 0. The first-order valence-electron chi connectivity index (χ1n) is 7.59. The Balaban J connectivity index is 2.49. The van der Waals surface area contributed by atoms with Gasteiger partial charge in [-0.1, -0.05) is 67.3 Å². The quantitative estimate of drug-likeness (QED) is 0.524. The van der Waals surface area contributed by atoms with Gasteiger partial charge in [-0.2, -0.15) is 0 Å². The summed E-state index contributed by atoms with van der Waals surface area (Å²) in [7, 11) is 0. The van der Waals surface area contributed by atoms with Crippen LogP contribution >= 0.6 is 11.8 Å². The first-order chi connectivity index (χ1) is 11.0. The predicted molar refractivity (Wildman–Crippen MR) is 105 cm³/mol. The van der Waals surface area contributed by atoms with Crippen molar-refractivity contribution in [2.24, 2.45) is 0 Å². The molecule has 1 nitrogen and oxygen atoms in total. The molecule has 0 bridgehead atoms. The van der Waals surface area contributed by atoms with Gasteiger partial charge in [0.05, 0.1) is 5.25 Å². The van der Waals surface area contributed by atoms with Crippen LogP contribution < -0.4 is 5.73 Å². The second-order valence-corrected chi connectivity index (χ2v) is 6.78. The molecule has 0 aliphatic heterocycles. The molecule has 2 aromatic carbocycles. The third kappa shape index (κ3) is 4.40. The lowest BCUT2D eigenvalue weighted by atomic mass is 9.97. The van der Waals surface area contributed by atoms with E-state index in [0.29, 0.717) is 0 Å². The van der Waals surface area contributed by atoms with Gasteiger partial charge in [-0.25, -0.2) is 0 Å². The molecule has 1 unspecified atom stereocenters. The minimum absolute atomic E-state index is 0.123. The molecule has 118 valence electrons. The van der Waals surface area contributed by atoms with Crippen LogP contribution in [-0.2, 0) is 0 Å². The average Bonchev–Trinajstić information content (AvgIpc) is 2.54. The summed E-state index contributed by atoms with van der Waals surface area (Å²) < 4.78 is 0. The number of hydrogen-bond acceptors (Lipinski definition) is 2. The minimum atomic E-state index is 0.123. The summed E-state index contributed by atoms with van der Waals surface area (Å²) >= 11 is 1.72. The van der Waals surface area contributed by atoms with Crippen molar-refractivity contribution in [2.75, 3.05) is 5.73 Å². The van der Waals surface area contributed by atoms with E-state index < -0.39 is 0 Å². The Morgan fingerprint density at radius 1 is 1.13 bits per heavy atom. The third-order valence-electron chi connectivity index (χ3n) is 3.68. The zero-order valence-electron chi connectivity index (χ0n) is 13.8. The second kappa shape index (κ2) is 7.89. The van der Waals surface area contributed by atoms with Crippen LogP contribution in [0.3, 0.4) is 0 Å². The Kier molecular flexibility index (Phi) is 5.89. The number of benzene rings is 2. The van der Waals surface area contributed by atoms with Gasteiger partial charge in [0.15, 0.2) is 0 Å². The van der Waals surface area contributed by atoms with Crippen molar-refractivity contribution in [3.05, 3.63) is 101 Å². The maximum Gasteiger partial charge on any atom is 0.0616 e. The topological polar surface area (TPSA) is 26.0 Å². The Hall–Kier alpha value is -2.19. The van der Waals surface area contributed by atoms with Crippen LogP contribution in [0, 0.1) is 13.8 Å². The minimum Gasteiger partial charge on any atom is -0.398 e. The molecule has 0 fully saturated rings. The molecule has 0 saturated carbocycles. The molecular formula is C21H23NS. The van der Waals surface area contributed by atoms with E-state index in [-0.39, 0.29) is 5.25 Å². The molecule has 0 aromatic heterocycles. The maximum atomic E-state index is 6.28. The largest absolute Gasteiger partial charge is 0.398 e. The summed E-state index contributed by atoms with van der Waals surface area (Å²) in [6.07, 6.45) is 5.65. The van der Waals surface area contributed by atoms with E-state index in [1.807, 2.05) is 24.3 Å². The molecule has 0 saturated heterocycles. The van der Waals surface area contributed by atoms with Gasteiger partial charge in [-0.05, 0) is 42.7 Å². The van der Waals surface area contributed by atoms with E-state index in [2.05, 4.69) is 57.3 Å². The van der Waals surface area contributed by atoms with Crippen LogP contribution in [0.4, 0.5) is 5.69 Å². The standard InChI is InChI=1S/C21H23NS/c1-5-6-10-17(4)23-21(18-11-8-7-9-16(18)3)19-14-15(2)12-13-20(19)22/h5-14,21H,1,4,22H2,2-3H3/b10-6-. The van der Waals surface area contributed by atoms with Crippen molar-refractivity contribution in [3.8, 4) is 0 Å². The van der Waals surface area contributed by atoms with Crippen molar-refractivity contribution in [1.82, 2.24) is 0 Å². The van der Waals surface area contributed by atoms with Gasteiger partial charge < -0.3 is 5.73 Å². The fourth-order valence-corrected chi connectivity index (χ4v) is 3.65. The Morgan fingerprint density at radius 2 is 1.87 bits per heavy atom. The number of hydrogen-bond donors (Lipinski definition) is 1. The summed E-state index contributed by atoms with van der Waals surface area (Å²) in [6, 6.07) is 14.6. The first kappa shape index (κ1) is 17.2. The summed E-state index contributed by atoms with van der Waals surface area (Å²) in [5, 5.41) is 0.123. The normalized spacial score (nSPS) is 12.3. The smallest absolute Gasteiger partial charge is 0.0616 e. The van der Waals surface area contributed by atoms with Gasteiger partial charge in [0.1, 0.15) is 0 Å². The molecule has 1 atom stereocenters. The van der Waals surface area contributed by atoms with Crippen molar-refractivity contribution in [1.29, 1.82) is 0 Å². The number of nitrogen functional groups attached to an aromatic ring is 1. The highest BCUT2D eigenvalue weighted by Crippen LogP contribution is 2.43. The molecular weight excluding hydrogens is 298 g/mol. The fourth-order valence-electron chi connectivity index (χ4n) is 2.46. The number of aryl methyl sites for hydroxylation is 2. The van der Waals surface area contributed by atoms with Gasteiger partial charge in [-0.3, -0.25) is 0 Å². The molecule has 0 amide bonds. The number of nitrogens with two attached hydrogens (primary N) is 1. The van der Waals surface area contributed by atoms with Crippen LogP contribution in [0.15, 0.2) is 78.8 Å². The molecule has 0 heterocycles. The van der Waals surface area contributed by atoms with Gasteiger partial charge >= 0.3 is 0 Å². The summed E-state index contributed by atoms with van der Waals surface area (Å²) in [6.45, 7) is 12.1. The molecule has 23 heavy (non-hydrogen) atoms. The molecule has 0 radical (unpaired) electrons. The molecule has 0 aliphatic carbocycles. The highest BCUT2D eigenvalue weighted by Gasteiger charge is 2.20. The lowest BCUT2D eigenvalue weighted by Gasteiger charge is -2.22. The van der Waals surface area contributed by atoms with E-state index >= 15 is 0 Å². The lowest BCUT2D eigenvalue weighted by molar-refractivity contribution is 1.12. The van der Waals surface area contributed by atoms with E-state index in [0.717, 1.165) is 16.2 Å². The van der Waals surface area contributed by atoms with Crippen molar-refractivity contribution in [3.63, 3.8) is 0 Å². The van der Waals surface area contributed by atoms with E-state index in [4.69, 9.17) is 5.73 Å². The van der Waals surface area contributed by atoms with Crippen LogP contribution in [0.1, 0.15) is 27.5 Å². The highest BCUT2D eigenvalue weighted by atomic mass is 32.2. The predicted octanol–water partition coefficient (Wildman–Crippen LogP) is 5.96. The maximum absolute atomic E-state index is 6.28. The van der Waals surface area contributed by atoms with E-state index in [1.54, 1.807) is 17.8 Å². The van der Waals surface area contributed by atoms with Crippen LogP contribution in [-0.4, -0.2) is 0 Å². The zero-order valence-corrected chi connectivity index (χ0v) is 14.6. The van der Waals surface area contributed by atoms with Crippen molar-refractivity contribution >= 4 is 17.4 Å². The Morgan fingerprint density at radius 3 is 2.57 bits per heavy atom. The molecule has 2 heteroatoms.